The zero-order chi connectivity index (χ0) is 17.7. The molecular weight excluding hydrogens is 359 g/mol. The van der Waals surface area contributed by atoms with Crippen molar-refractivity contribution in [3.05, 3.63) is 23.8 Å². The van der Waals surface area contributed by atoms with Crippen LogP contribution in [0.2, 0.25) is 0 Å². The SMILES string of the molecule is CC(=O)Nc1ccc(C(F)(F)F)cc1NC(=O)CCC1CCNC1.Cl. The van der Waals surface area contributed by atoms with Crippen molar-refractivity contribution in [1.82, 2.24) is 5.32 Å². The van der Waals surface area contributed by atoms with Crippen LogP contribution in [0, 0.1) is 5.92 Å². The molecule has 1 aromatic carbocycles. The molecule has 1 saturated heterocycles. The lowest BCUT2D eigenvalue weighted by atomic mass is 10.0. The zero-order valence-corrected chi connectivity index (χ0v) is 14.5. The van der Waals surface area contributed by atoms with Gasteiger partial charge in [0.15, 0.2) is 0 Å². The maximum absolute atomic E-state index is 12.8. The maximum Gasteiger partial charge on any atom is 0.416 e. The number of rotatable bonds is 5. The minimum absolute atomic E-state index is 0. The maximum atomic E-state index is 12.8. The second-order valence-corrected chi connectivity index (χ2v) is 5.88. The second kappa shape index (κ2) is 9.05. The third kappa shape index (κ3) is 6.55. The molecular formula is C16H21ClF3N3O2. The number of carbonyl (C=O) groups excluding carboxylic acids is 2. The van der Waals surface area contributed by atoms with Crippen LogP contribution >= 0.6 is 12.4 Å². The van der Waals surface area contributed by atoms with E-state index in [1.165, 1.54) is 6.92 Å². The van der Waals surface area contributed by atoms with Gasteiger partial charge in [0.05, 0.1) is 16.9 Å². The molecule has 0 spiro atoms. The molecule has 1 aliphatic heterocycles. The Labute approximate surface area is 150 Å². The summed E-state index contributed by atoms with van der Waals surface area (Å²) in [5, 5.41) is 8.10. The largest absolute Gasteiger partial charge is 0.416 e. The molecule has 3 N–H and O–H groups in total. The van der Waals surface area contributed by atoms with Crippen LogP contribution in [0.3, 0.4) is 0 Å². The molecule has 2 amide bonds. The lowest BCUT2D eigenvalue weighted by Gasteiger charge is -2.15. The predicted octanol–water partition coefficient (Wildman–Crippen LogP) is 3.41. The van der Waals surface area contributed by atoms with Crippen LogP contribution in [0.5, 0.6) is 0 Å². The number of halogens is 4. The fourth-order valence-electron chi connectivity index (χ4n) is 2.63. The van der Waals surface area contributed by atoms with E-state index in [2.05, 4.69) is 16.0 Å². The first-order valence-electron chi connectivity index (χ1n) is 7.75. The lowest BCUT2D eigenvalue weighted by molar-refractivity contribution is -0.137. The van der Waals surface area contributed by atoms with Crippen LogP contribution < -0.4 is 16.0 Å². The number of alkyl halides is 3. The third-order valence-electron chi connectivity index (χ3n) is 3.87. The van der Waals surface area contributed by atoms with Crippen LogP contribution in [0.15, 0.2) is 18.2 Å². The van der Waals surface area contributed by atoms with Crippen LogP contribution in [-0.4, -0.2) is 24.9 Å². The molecule has 1 aromatic rings. The summed E-state index contributed by atoms with van der Waals surface area (Å²) in [4.78, 5) is 23.2. The number of anilines is 2. The average Bonchev–Trinajstić information content (AvgIpc) is 2.98. The Hall–Kier alpha value is -1.80. The van der Waals surface area contributed by atoms with E-state index in [1.54, 1.807) is 0 Å². The van der Waals surface area contributed by atoms with Gasteiger partial charge in [-0.3, -0.25) is 9.59 Å². The molecule has 1 atom stereocenters. The molecule has 0 aromatic heterocycles. The van der Waals surface area contributed by atoms with Crippen molar-refractivity contribution in [2.45, 2.75) is 32.4 Å². The van der Waals surface area contributed by atoms with Crippen LogP contribution in [0.4, 0.5) is 24.5 Å². The van der Waals surface area contributed by atoms with E-state index in [0.29, 0.717) is 12.3 Å². The van der Waals surface area contributed by atoms with Crippen LogP contribution in [-0.2, 0) is 15.8 Å². The van der Waals surface area contributed by atoms with E-state index >= 15 is 0 Å². The van der Waals surface area contributed by atoms with E-state index in [1.807, 2.05) is 0 Å². The van der Waals surface area contributed by atoms with Crippen LogP contribution in [0.1, 0.15) is 31.7 Å². The number of carbonyl (C=O) groups is 2. The van der Waals surface area contributed by atoms with Gasteiger partial charge < -0.3 is 16.0 Å². The summed E-state index contributed by atoms with van der Waals surface area (Å²) in [6.07, 6.45) is -2.63. The summed E-state index contributed by atoms with van der Waals surface area (Å²) in [6.45, 7) is 3.02. The van der Waals surface area contributed by atoms with Gasteiger partial charge in [0.25, 0.3) is 0 Å². The Bertz CT molecular complexity index is 617. The number of hydrogen-bond donors (Lipinski definition) is 3. The fraction of sp³-hybridized carbons (Fsp3) is 0.500. The summed E-state index contributed by atoms with van der Waals surface area (Å²) in [6, 6.07) is 2.84. The normalized spacial score (nSPS) is 16.9. The van der Waals surface area contributed by atoms with E-state index in [0.717, 1.165) is 37.7 Å². The fourth-order valence-corrected chi connectivity index (χ4v) is 2.63. The molecule has 140 valence electrons. The van der Waals surface area contributed by atoms with Crippen molar-refractivity contribution in [2.24, 2.45) is 5.92 Å². The Morgan fingerprint density at radius 1 is 1.24 bits per heavy atom. The minimum Gasteiger partial charge on any atom is -0.325 e. The Kier molecular flexibility index (Phi) is 7.69. The van der Waals surface area contributed by atoms with Crippen molar-refractivity contribution in [2.75, 3.05) is 23.7 Å². The molecule has 1 fully saturated rings. The average molecular weight is 380 g/mol. The van der Waals surface area contributed by atoms with Crippen LogP contribution in [0.25, 0.3) is 0 Å². The molecule has 0 radical (unpaired) electrons. The van der Waals surface area contributed by atoms with Crippen molar-refractivity contribution in [1.29, 1.82) is 0 Å². The van der Waals surface area contributed by atoms with Crippen molar-refractivity contribution < 1.29 is 22.8 Å². The summed E-state index contributed by atoms with van der Waals surface area (Å²) in [5.41, 5.74) is -0.784. The number of hydrogen-bond acceptors (Lipinski definition) is 3. The highest BCUT2D eigenvalue weighted by molar-refractivity contribution is 5.99. The Balaban J connectivity index is 0.00000312. The quantitative estimate of drug-likeness (QED) is 0.734. The van der Waals surface area contributed by atoms with Gasteiger partial charge in [0, 0.05) is 13.3 Å². The third-order valence-corrected chi connectivity index (χ3v) is 3.87. The monoisotopic (exact) mass is 379 g/mol. The molecule has 1 unspecified atom stereocenters. The summed E-state index contributed by atoms with van der Waals surface area (Å²) >= 11 is 0. The van der Waals surface area contributed by atoms with Gasteiger partial charge in [0.1, 0.15) is 0 Å². The molecule has 0 saturated carbocycles. The van der Waals surface area contributed by atoms with E-state index < -0.39 is 17.6 Å². The first-order valence-corrected chi connectivity index (χ1v) is 7.75. The van der Waals surface area contributed by atoms with Gasteiger partial charge in [-0.1, -0.05) is 0 Å². The standard InChI is InChI=1S/C16H20F3N3O2.ClH/c1-10(23)21-13-4-3-12(16(17,18)19)8-14(13)22-15(24)5-2-11-6-7-20-9-11;/h3-4,8,11,20H,2,5-7,9H2,1H3,(H,21,23)(H,22,24);1H. The highest BCUT2D eigenvalue weighted by atomic mass is 35.5. The first kappa shape index (κ1) is 21.2. The summed E-state index contributed by atoms with van der Waals surface area (Å²) < 4.78 is 38.5. The predicted molar refractivity (Wildman–Crippen MR) is 91.8 cm³/mol. The lowest BCUT2D eigenvalue weighted by Crippen LogP contribution is -2.17. The van der Waals surface area contributed by atoms with Gasteiger partial charge in [-0.15, -0.1) is 12.4 Å². The van der Waals surface area contributed by atoms with E-state index in [4.69, 9.17) is 0 Å². The molecule has 5 nitrogen and oxygen atoms in total. The summed E-state index contributed by atoms with van der Waals surface area (Å²) in [7, 11) is 0. The number of amides is 2. The van der Waals surface area contributed by atoms with Gasteiger partial charge in [-0.25, -0.2) is 0 Å². The molecule has 1 heterocycles. The van der Waals surface area contributed by atoms with Gasteiger partial charge in [-0.05, 0) is 50.0 Å². The Morgan fingerprint density at radius 3 is 2.52 bits per heavy atom. The van der Waals surface area contributed by atoms with E-state index in [9.17, 15) is 22.8 Å². The topological polar surface area (TPSA) is 70.2 Å². The van der Waals surface area contributed by atoms with Crippen molar-refractivity contribution in [3.8, 4) is 0 Å². The van der Waals surface area contributed by atoms with Gasteiger partial charge in [-0.2, -0.15) is 13.2 Å². The minimum atomic E-state index is -4.52. The highest BCUT2D eigenvalue weighted by Crippen LogP contribution is 2.34. The highest BCUT2D eigenvalue weighted by Gasteiger charge is 2.31. The van der Waals surface area contributed by atoms with Gasteiger partial charge >= 0.3 is 6.18 Å². The second-order valence-electron chi connectivity index (χ2n) is 5.88. The van der Waals surface area contributed by atoms with Gasteiger partial charge in [0.2, 0.25) is 11.8 Å². The molecule has 1 aliphatic rings. The molecule has 0 bridgehead atoms. The zero-order valence-electron chi connectivity index (χ0n) is 13.7. The first-order chi connectivity index (χ1) is 11.3. The summed E-state index contributed by atoms with van der Waals surface area (Å²) in [5.74, 6) is -0.387. The number of nitrogens with one attached hydrogen (secondary N) is 3. The van der Waals surface area contributed by atoms with Crippen molar-refractivity contribution in [3.63, 3.8) is 0 Å². The van der Waals surface area contributed by atoms with E-state index in [-0.39, 0.29) is 36.1 Å². The molecule has 0 aliphatic carbocycles. The molecule has 9 heteroatoms. The smallest absolute Gasteiger partial charge is 0.325 e. The Morgan fingerprint density at radius 2 is 1.96 bits per heavy atom. The van der Waals surface area contributed by atoms with Crippen molar-refractivity contribution >= 4 is 35.6 Å². The molecule has 2 rings (SSSR count). The molecule has 25 heavy (non-hydrogen) atoms. The number of benzene rings is 1.